The molecule has 0 aliphatic carbocycles. The number of hydrogen-bond donors (Lipinski definition) is 2. The van der Waals surface area contributed by atoms with Crippen molar-refractivity contribution in [3.8, 4) is 11.5 Å². The van der Waals surface area contributed by atoms with Crippen LogP contribution in [0.25, 0.3) is 0 Å². The molecule has 154 valence electrons. The molecule has 6 heteroatoms. The van der Waals surface area contributed by atoms with Crippen LogP contribution in [0.15, 0.2) is 72.8 Å². The Morgan fingerprint density at radius 3 is 2.33 bits per heavy atom. The number of ether oxygens (including phenoxy) is 1. The van der Waals surface area contributed by atoms with E-state index in [1.165, 1.54) is 18.2 Å². The van der Waals surface area contributed by atoms with Crippen LogP contribution >= 0.6 is 0 Å². The summed E-state index contributed by atoms with van der Waals surface area (Å²) in [6.45, 7) is 0.677. The zero-order valence-corrected chi connectivity index (χ0v) is 16.3. The number of carbonyl (C=O) groups excluding carboxylic acids is 1. The lowest BCUT2D eigenvalue weighted by molar-refractivity contribution is -0.117. The number of rotatable bonds is 6. The summed E-state index contributed by atoms with van der Waals surface area (Å²) in [7, 11) is 0. The summed E-state index contributed by atoms with van der Waals surface area (Å²) in [5, 5.41) is 6.12. The van der Waals surface area contributed by atoms with Gasteiger partial charge < -0.3 is 15.4 Å². The zero-order chi connectivity index (χ0) is 20.9. The third-order valence-electron chi connectivity index (χ3n) is 5.18. The molecule has 1 amide bonds. The van der Waals surface area contributed by atoms with E-state index < -0.39 is 0 Å². The first-order valence-corrected chi connectivity index (χ1v) is 9.88. The number of carbonyl (C=O) groups is 1. The Labute approximate surface area is 173 Å². The van der Waals surface area contributed by atoms with E-state index in [1.54, 1.807) is 48.5 Å². The lowest BCUT2D eigenvalue weighted by Crippen LogP contribution is -2.35. The van der Waals surface area contributed by atoms with Crippen LogP contribution in [-0.4, -0.2) is 18.5 Å². The van der Waals surface area contributed by atoms with E-state index in [0.717, 1.165) is 0 Å². The highest BCUT2D eigenvalue weighted by molar-refractivity contribution is 5.95. The van der Waals surface area contributed by atoms with E-state index in [1.807, 2.05) is 6.07 Å². The number of benzene rings is 3. The average Bonchev–Trinajstić information content (AvgIpc) is 3.22. The Morgan fingerprint density at radius 2 is 1.63 bits per heavy atom. The second kappa shape index (κ2) is 9.05. The predicted molar refractivity (Wildman–Crippen MR) is 112 cm³/mol. The Bertz CT molecular complexity index is 1010. The van der Waals surface area contributed by atoms with Crippen molar-refractivity contribution in [3.63, 3.8) is 0 Å². The Morgan fingerprint density at radius 1 is 0.967 bits per heavy atom. The van der Waals surface area contributed by atoms with Gasteiger partial charge in [-0.3, -0.25) is 4.79 Å². The number of amides is 1. The molecule has 4 nitrogen and oxygen atoms in total. The molecule has 2 atom stereocenters. The van der Waals surface area contributed by atoms with Gasteiger partial charge in [0.05, 0.1) is 6.04 Å². The maximum absolute atomic E-state index is 13.8. The highest BCUT2D eigenvalue weighted by Gasteiger charge is 2.29. The second-order valence-electron chi connectivity index (χ2n) is 7.43. The normalized spacial score (nSPS) is 18.2. The smallest absolute Gasteiger partial charge is 0.241 e. The van der Waals surface area contributed by atoms with Crippen molar-refractivity contribution < 1.29 is 18.3 Å². The maximum atomic E-state index is 13.8. The fourth-order valence-corrected chi connectivity index (χ4v) is 3.61. The first-order chi connectivity index (χ1) is 14.6. The predicted octanol–water partition coefficient (Wildman–Crippen LogP) is 4.92. The molecule has 3 aromatic rings. The van der Waals surface area contributed by atoms with Crippen LogP contribution in [0.5, 0.6) is 11.5 Å². The summed E-state index contributed by atoms with van der Waals surface area (Å²) >= 11 is 0. The van der Waals surface area contributed by atoms with Crippen LogP contribution < -0.4 is 15.4 Å². The fourth-order valence-electron chi connectivity index (χ4n) is 3.61. The molecule has 4 rings (SSSR count). The van der Waals surface area contributed by atoms with Crippen LogP contribution in [0, 0.1) is 17.6 Å². The third kappa shape index (κ3) is 5.02. The van der Waals surface area contributed by atoms with E-state index in [9.17, 15) is 13.6 Å². The topological polar surface area (TPSA) is 50.4 Å². The molecule has 30 heavy (non-hydrogen) atoms. The van der Waals surface area contributed by atoms with Crippen molar-refractivity contribution >= 4 is 11.6 Å². The quantitative estimate of drug-likeness (QED) is 0.609. The van der Waals surface area contributed by atoms with Gasteiger partial charge in [-0.15, -0.1) is 0 Å². The average molecular weight is 408 g/mol. The lowest BCUT2D eigenvalue weighted by Gasteiger charge is -2.13. The Balaban J connectivity index is 1.29. The van der Waals surface area contributed by atoms with Gasteiger partial charge in [0, 0.05) is 5.69 Å². The lowest BCUT2D eigenvalue weighted by atomic mass is 9.96. The van der Waals surface area contributed by atoms with Gasteiger partial charge in [0.15, 0.2) is 0 Å². The van der Waals surface area contributed by atoms with Crippen LogP contribution in [0.4, 0.5) is 14.5 Å². The van der Waals surface area contributed by atoms with Crippen LogP contribution in [0.1, 0.15) is 12.0 Å². The first-order valence-electron chi connectivity index (χ1n) is 9.88. The molecule has 1 aliphatic rings. The van der Waals surface area contributed by atoms with E-state index >= 15 is 0 Å². The molecule has 0 bridgehead atoms. The molecule has 0 aromatic heterocycles. The van der Waals surface area contributed by atoms with Crippen molar-refractivity contribution in [2.45, 2.75) is 18.9 Å². The monoisotopic (exact) mass is 408 g/mol. The van der Waals surface area contributed by atoms with Gasteiger partial charge >= 0.3 is 0 Å². The van der Waals surface area contributed by atoms with Crippen molar-refractivity contribution in [1.29, 1.82) is 0 Å². The summed E-state index contributed by atoms with van der Waals surface area (Å²) in [6.07, 6.45) is 1.27. The second-order valence-corrected chi connectivity index (χ2v) is 7.43. The van der Waals surface area contributed by atoms with Gasteiger partial charge in [-0.2, -0.15) is 0 Å². The largest absolute Gasteiger partial charge is 0.457 e. The van der Waals surface area contributed by atoms with Crippen molar-refractivity contribution in [2.24, 2.45) is 5.92 Å². The summed E-state index contributed by atoms with van der Waals surface area (Å²) in [5.41, 5.74) is 1.34. The summed E-state index contributed by atoms with van der Waals surface area (Å²) in [4.78, 5) is 12.6. The highest BCUT2D eigenvalue weighted by Crippen LogP contribution is 2.25. The molecular weight excluding hydrogens is 386 g/mol. The van der Waals surface area contributed by atoms with Crippen molar-refractivity contribution in [3.05, 3.63) is 90.0 Å². The molecule has 1 aliphatic heterocycles. The Hall–Kier alpha value is -3.25. The van der Waals surface area contributed by atoms with Gasteiger partial charge in [0.25, 0.3) is 0 Å². The molecule has 0 radical (unpaired) electrons. The molecule has 1 heterocycles. The summed E-state index contributed by atoms with van der Waals surface area (Å²) in [6, 6.07) is 19.2. The minimum absolute atomic E-state index is 0.113. The SMILES string of the molecule is O=C(Nc1ccc(Oc2ccc(F)cc2)cc1)[C@H]1C[C@@H](Cc2ccccc2F)CN1. The highest BCUT2D eigenvalue weighted by atomic mass is 19.1. The molecule has 1 fully saturated rings. The molecule has 3 aromatic carbocycles. The van der Waals surface area contributed by atoms with E-state index in [0.29, 0.717) is 42.1 Å². The van der Waals surface area contributed by atoms with Gasteiger partial charge in [-0.1, -0.05) is 18.2 Å². The summed E-state index contributed by atoms with van der Waals surface area (Å²) < 4.78 is 32.5. The number of hydrogen-bond acceptors (Lipinski definition) is 3. The molecule has 0 spiro atoms. The van der Waals surface area contributed by atoms with E-state index in [4.69, 9.17) is 4.74 Å². The van der Waals surface area contributed by atoms with Crippen molar-refractivity contribution in [1.82, 2.24) is 5.32 Å². The zero-order valence-electron chi connectivity index (χ0n) is 16.3. The minimum atomic E-state index is -0.322. The first kappa shape index (κ1) is 20.0. The van der Waals surface area contributed by atoms with Gasteiger partial charge in [-0.05, 0) is 85.5 Å². The van der Waals surface area contributed by atoms with E-state index in [-0.39, 0.29) is 29.5 Å². The van der Waals surface area contributed by atoms with Crippen LogP contribution in [-0.2, 0) is 11.2 Å². The molecule has 0 unspecified atom stereocenters. The summed E-state index contributed by atoms with van der Waals surface area (Å²) in [5.74, 6) is 0.695. The minimum Gasteiger partial charge on any atom is -0.457 e. The number of nitrogens with one attached hydrogen (secondary N) is 2. The van der Waals surface area contributed by atoms with Gasteiger partial charge in [-0.25, -0.2) is 8.78 Å². The fraction of sp³-hybridized carbons (Fsp3) is 0.208. The standard InChI is InChI=1S/C24H22F2N2O2/c25-18-5-9-20(10-6-18)30-21-11-7-19(8-12-21)28-24(29)23-14-16(15-27-23)13-17-3-1-2-4-22(17)26/h1-12,16,23,27H,13-15H2,(H,28,29)/t16-,23-/m1/s1. The molecule has 1 saturated heterocycles. The maximum Gasteiger partial charge on any atom is 0.241 e. The molecule has 2 N–H and O–H groups in total. The van der Waals surface area contributed by atoms with E-state index in [2.05, 4.69) is 10.6 Å². The third-order valence-corrected chi connectivity index (χ3v) is 5.18. The Kier molecular flexibility index (Phi) is 6.05. The molecular formula is C24H22F2N2O2. The number of halogens is 2. The van der Waals surface area contributed by atoms with Crippen LogP contribution in [0.2, 0.25) is 0 Å². The van der Waals surface area contributed by atoms with Gasteiger partial charge in [0.2, 0.25) is 5.91 Å². The molecule has 0 saturated carbocycles. The van der Waals surface area contributed by atoms with Crippen LogP contribution in [0.3, 0.4) is 0 Å². The van der Waals surface area contributed by atoms with Gasteiger partial charge in [0.1, 0.15) is 23.1 Å². The van der Waals surface area contributed by atoms with Crippen molar-refractivity contribution in [2.75, 3.05) is 11.9 Å². The number of anilines is 1.